The van der Waals surface area contributed by atoms with Gasteiger partial charge >= 0.3 is 0 Å². The number of anilines is 1. The van der Waals surface area contributed by atoms with Crippen LogP contribution < -0.4 is 4.90 Å². The molecule has 1 saturated carbocycles. The van der Waals surface area contributed by atoms with Crippen LogP contribution in [0.1, 0.15) is 27.2 Å². The minimum Gasteiger partial charge on any atom is -0.378 e. The van der Waals surface area contributed by atoms with Crippen molar-refractivity contribution in [1.82, 2.24) is 4.98 Å². The van der Waals surface area contributed by atoms with Gasteiger partial charge in [-0.05, 0) is 13.3 Å². The maximum atomic E-state index is 10.7. The van der Waals surface area contributed by atoms with E-state index < -0.39 is 4.92 Å². The van der Waals surface area contributed by atoms with Gasteiger partial charge in [-0.25, -0.2) is 4.98 Å². The number of aromatic nitrogens is 1. The van der Waals surface area contributed by atoms with Crippen LogP contribution in [-0.4, -0.2) is 35.7 Å². The summed E-state index contributed by atoms with van der Waals surface area (Å²) >= 11 is 6.14. The lowest BCUT2D eigenvalue weighted by molar-refractivity contribution is -0.385. The minimum absolute atomic E-state index is 0.0163. The van der Waals surface area contributed by atoms with Gasteiger partial charge in [-0.3, -0.25) is 10.1 Å². The number of rotatable bonds is 5. The second kappa shape index (κ2) is 5.77. The Bertz CT molecular complexity index is 550. The lowest BCUT2D eigenvalue weighted by atomic mass is 9.64. The van der Waals surface area contributed by atoms with Crippen molar-refractivity contribution in [2.75, 3.05) is 18.6 Å². The molecule has 0 amide bonds. The standard InChI is InChI=1S/C14H20ClN3O3/c1-5-21-12-7-11(14(12,2)3)17(4)13-10(15)6-9(8-16-13)18(19)20/h6,8,11-12H,5,7H2,1-4H3/t11-,12+/m0/s1. The molecule has 1 fully saturated rings. The molecule has 0 bridgehead atoms. The fraction of sp³-hybridized carbons (Fsp3) is 0.643. The number of nitro groups is 1. The van der Waals surface area contributed by atoms with Crippen LogP contribution in [0.4, 0.5) is 11.5 Å². The van der Waals surface area contributed by atoms with E-state index in [0.717, 1.165) is 6.42 Å². The molecular weight excluding hydrogens is 294 g/mol. The minimum atomic E-state index is -0.499. The molecule has 0 saturated heterocycles. The van der Waals surface area contributed by atoms with Crippen molar-refractivity contribution < 1.29 is 9.66 Å². The van der Waals surface area contributed by atoms with Crippen LogP contribution in [0, 0.1) is 15.5 Å². The van der Waals surface area contributed by atoms with Crippen molar-refractivity contribution in [3.05, 3.63) is 27.4 Å². The molecule has 0 aliphatic heterocycles. The van der Waals surface area contributed by atoms with Gasteiger partial charge in [-0.2, -0.15) is 0 Å². The van der Waals surface area contributed by atoms with Crippen molar-refractivity contribution in [2.24, 2.45) is 5.41 Å². The lowest BCUT2D eigenvalue weighted by Crippen LogP contribution is -2.61. The van der Waals surface area contributed by atoms with E-state index in [1.54, 1.807) is 0 Å². The van der Waals surface area contributed by atoms with Gasteiger partial charge < -0.3 is 9.64 Å². The number of hydrogen-bond donors (Lipinski definition) is 0. The van der Waals surface area contributed by atoms with Gasteiger partial charge in [0.2, 0.25) is 0 Å². The monoisotopic (exact) mass is 313 g/mol. The summed E-state index contributed by atoms with van der Waals surface area (Å²) < 4.78 is 5.72. The molecule has 0 unspecified atom stereocenters. The summed E-state index contributed by atoms with van der Waals surface area (Å²) in [5, 5.41) is 11.0. The maximum absolute atomic E-state index is 10.7. The summed E-state index contributed by atoms with van der Waals surface area (Å²) in [7, 11) is 1.91. The lowest BCUT2D eigenvalue weighted by Gasteiger charge is -2.55. The second-order valence-corrected chi connectivity index (χ2v) is 6.29. The van der Waals surface area contributed by atoms with Crippen LogP contribution in [-0.2, 0) is 4.74 Å². The average Bonchev–Trinajstić information content (AvgIpc) is 2.42. The molecule has 21 heavy (non-hydrogen) atoms. The van der Waals surface area contributed by atoms with Crippen molar-refractivity contribution in [1.29, 1.82) is 0 Å². The third-order valence-electron chi connectivity index (χ3n) is 4.31. The molecular formula is C14H20ClN3O3. The Morgan fingerprint density at radius 2 is 2.29 bits per heavy atom. The molecule has 116 valence electrons. The zero-order chi connectivity index (χ0) is 15.8. The quantitative estimate of drug-likeness (QED) is 0.616. The summed E-state index contributed by atoms with van der Waals surface area (Å²) in [5.41, 5.74) is -0.116. The normalized spacial score (nSPS) is 23.5. The Hall–Kier alpha value is -1.40. The van der Waals surface area contributed by atoms with Gasteiger partial charge in [0, 0.05) is 31.2 Å². The number of halogens is 1. The molecule has 1 aromatic rings. The summed E-state index contributed by atoms with van der Waals surface area (Å²) in [4.78, 5) is 16.4. The van der Waals surface area contributed by atoms with E-state index in [0.29, 0.717) is 17.4 Å². The van der Waals surface area contributed by atoms with Crippen LogP contribution in [0.15, 0.2) is 12.3 Å². The highest BCUT2D eigenvalue weighted by molar-refractivity contribution is 6.33. The fourth-order valence-electron chi connectivity index (χ4n) is 2.93. The zero-order valence-corrected chi connectivity index (χ0v) is 13.4. The van der Waals surface area contributed by atoms with Gasteiger partial charge in [0.25, 0.3) is 5.69 Å². The fourth-order valence-corrected chi connectivity index (χ4v) is 3.23. The van der Waals surface area contributed by atoms with Gasteiger partial charge in [-0.1, -0.05) is 25.4 Å². The van der Waals surface area contributed by atoms with Crippen LogP contribution >= 0.6 is 11.6 Å². The molecule has 1 aliphatic rings. The van der Waals surface area contributed by atoms with E-state index in [4.69, 9.17) is 16.3 Å². The topological polar surface area (TPSA) is 68.5 Å². The summed E-state index contributed by atoms with van der Waals surface area (Å²) in [5.74, 6) is 0.565. The number of hydrogen-bond acceptors (Lipinski definition) is 5. The molecule has 0 aromatic carbocycles. The SMILES string of the molecule is CCO[C@@H]1C[C@H](N(C)c2ncc([N+](=O)[O-])cc2Cl)C1(C)C. The molecule has 7 heteroatoms. The van der Waals surface area contributed by atoms with E-state index >= 15 is 0 Å². The van der Waals surface area contributed by atoms with Crippen molar-refractivity contribution >= 4 is 23.1 Å². The zero-order valence-electron chi connectivity index (χ0n) is 12.7. The Morgan fingerprint density at radius 3 is 2.76 bits per heavy atom. The molecule has 0 radical (unpaired) electrons. The summed E-state index contributed by atoms with van der Waals surface area (Å²) in [6.45, 7) is 6.98. The number of pyridine rings is 1. The Morgan fingerprint density at radius 1 is 1.62 bits per heavy atom. The number of nitrogens with zero attached hydrogens (tertiary/aromatic N) is 3. The summed E-state index contributed by atoms with van der Waals surface area (Å²) in [6, 6.07) is 1.58. The van der Waals surface area contributed by atoms with Gasteiger partial charge in [0.15, 0.2) is 0 Å². The van der Waals surface area contributed by atoms with Crippen LogP contribution in [0.5, 0.6) is 0 Å². The molecule has 0 spiro atoms. The van der Waals surface area contributed by atoms with E-state index in [1.807, 2.05) is 18.9 Å². The van der Waals surface area contributed by atoms with Crippen molar-refractivity contribution in [3.63, 3.8) is 0 Å². The molecule has 0 N–H and O–H groups in total. The largest absolute Gasteiger partial charge is 0.378 e. The maximum Gasteiger partial charge on any atom is 0.289 e. The molecule has 2 rings (SSSR count). The first-order chi connectivity index (χ1) is 9.78. The van der Waals surface area contributed by atoms with E-state index in [9.17, 15) is 10.1 Å². The predicted octanol–water partition coefficient (Wildman–Crippen LogP) is 3.28. The van der Waals surface area contributed by atoms with Gasteiger partial charge in [-0.15, -0.1) is 0 Å². The summed E-state index contributed by atoms with van der Waals surface area (Å²) in [6.07, 6.45) is 2.35. The van der Waals surface area contributed by atoms with E-state index in [-0.39, 0.29) is 23.2 Å². The third kappa shape index (κ3) is 2.82. The smallest absolute Gasteiger partial charge is 0.289 e. The third-order valence-corrected chi connectivity index (χ3v) is 4.59. The highest BCUT2D eigenvalue weighted by Gasteiger charge is 2.51. The molecule has 1 aliphatic carbocycles. The molecule has 1 aromatic heterocycles. The van der Waals surface area contributed by atoms with Crippen molar-refractivity contribution in [2.45, 2.75) is 39.3 Å². The molecule has 2 atom stereocenters. The van der Waals surface area contributed by atoms with Crippen LogP contribution in [0.3, 0.4) is 0 Å². The Kier molecular flexibility index (Phi) is 4.39. The van der Waals surface area contributed by atoms with Gasteiger partial charge in [0.05, 0.1) is 16.0 Å². The van der Waals surface area contributed by atoms with Gasteiger partial charge in [0.1, 0.15) is 12.0 Å². The molecule has 6 nitrogen and oxygen atoms in total. The Balaban J connectivity index is 2.18. The van der Waals surface area contributed by atoms with Crippen LogP contribution in [0.25, 0.3) is 0 Å². The first-order valence-electron chi connectivity index (χ1n) is 6.93. The highest BCUT2D eigenvalue weighted by Crippen LogP contribution is 2.47. The average molecular weight is 314 g/mol. The van der Waals surface area contributed by atoms with Crippen molar-refractivity contribution in [3.8, 4) is 0 Å². The highest BCUT2D eigenvalue weighted by atomic mass is 35.5. The molecule has 1 heterocycles. The second-order valence-electron chi connectivity index (χ2n) is 5.88. The predicted molar refractivity (Wildman–Crippen MR) is 81.9 cm³/mol. The first kappa shape index (κ1) is 16.0. The number of ether oxygens (including phenoxy) is 1. The van der Waals surface area contributed by atoms with E-state index in [1.165, 1.54) is 12.3 Å². The van der Waals surface area contributed by atoms with E-state index in [2.05, 4.69) is 18.8 Å². The Labute approximate surface area is 129 Å². The first-order valence-corrected chi connectivity index (χ1v) is 7.31. The van der Waals surface area contributed by atoms with Crippen LogP contribution in [0.2, 0.25) is 5.02 Å².